The second kappa shape index (κ2) is 8.60. The van der Waals surface area contributed by atoms with Gasteiger partial charge in [-0.15, -0.1) is 0 Å². The molecule has 1 fully saturated rings. The normalized spacial score (nSPS) is 21.9. The van der Waals surface area contributed by atoms with Gasteiger partial charge in [-0.1, -0.05) is 24.3 Å². The summed E-state index contributed by atoms with van der Waals surface area (Å²) in [7, 11) is 1.70. The SMILES string of the molecule is COC[C@@H]1CCCN1C[C@H](O)C[C@H](O)c1ccc(CO)cc1. The van der Waals surface area contributed by atoms with E-state index >= 15 is 0 Å². The van der Waals surface area contributed by atoms with Gasteiger partial charge >= 0.3 is 0 Å². The Morgan fingerprint density at radius 2 is 2.00 bits per heavy atom. The molecule has 0 spiro atoms. The molecule has 0 aliphatic carbocycles. The van der Waals surface area contributed by atoms with E-state index in [-0.39, 0.29) is 6.61 Å². The van der Waals surface area contributed by atoms with Crippen LogP contribution in [0, 0.1) is 0 Å². The third-order valence-electron chi connectivity index (χ3n) is 4.35. The number of methoxy groups -OCH3 is 1. The average molecular weight is 309 g/mol. The van der Waals surface area contributed by atoms with E-state index in [1.54, 1.807) is 31.4 Å². The van der Waals surface area contributed by atoms with Crippen molar-refractivity contribution in [3.63, 3.8) is 0 Å². The fourth-order valence-corrected chi connectivity index (χ4v) is 3.10. The van der Waals surface area contributed by atoms with Crippen LogP contribution in [0.1, 0.15) is 36.5 Å². The maximum absolute atomic E-state index is 10.2. The van der Waals surface area contributed by atoms with Gasteiger partial charge in [0.05, 0.1) is 25.4 Å². The number of aliphatic hydroxyl groups excluding tert-OH is 3. The molecule has 22 heavy (non-hydrogen) atoms. The van der Waals surface area contributed by atoms with Gasteiger partial charge in [-0.2, -0.15) is 0 Å². The predicted octanol–water partition coefficient (Wildman–Crippen LogP) is 1.07. The largest absolute Gasteiger partial charge is 0.392 e. The lowest BCUT2D eigenvalue weighted by molar-refractivity contribution is 0.0374. The van der Waals surface area contributed by atoms with Gasteiger partial charge in [0, 0.05) is 26.1 Å². The van der Waals surface area contributed by atoms with Crippen LogP contribution in [-0.2, 0) is 11.3 Å². The molecular formula is C17H27NO4. The van der Waals surface area contributed by atoms with Crippen LogP contribution in [0.15, 0.2) is 24.3 Å². The minimum Gasteiger partial charge on any atom is -0.392 e. The van der Waals surface area contributed by atoms with Crippen LogP contribution in [0.2, 0.25) is 0 Å². The summed E-state index contributed by atoms with van der Waals surface area (Å²) in [6.07, 6.45) is 1.29. The molecule has 1 heterocycles. The third kappa shape index (κ3) is 4.76. The number of benzene rings is 1. The van der Waals surface area contributed by atoms with Crippen LogP contribution in [0.25, 0.3) is 0 Å². The molecule has 0 bridgehead atoms. The highest BCUT2D eigenvalue weighted by molar-refractivity contribution is 5.23. The van der Waals surface area contributed by atoms with Crippen LogP contribution in [-0.4, -0.2) is 59.2 Å². The van der Waals surface area contributed by atoms with Gasteiger partial charge < -0.3 is 20.1 Å². The lowest BCUT2D eigenvalue weighted by Gasteiger charge is -2.27. The molecule has 1 aliphatic rings. The number of hydrogen-bond acceptors (Lipinski definition) is 5. The molecule has 1 saturated heterocycles. The Kier molecular flexibility index (Phi) is 6.79. The van der Waals surface area contributed by atoms with Gasteiger partial charge in [0.2, 0.25) is 0 Å². The Balaban J connectivity index is 1.83. The van der Waals surface area contributed by atoms with Crippen molar-refractivity contribution in [1.29, 1.82) is 0 Å². The summed E-state index contributed by atoms with van der Waals surface area (Å²) in [6.45, 7) is 2.24. The van der Waals surface area contributed by atoms with Crippen molar-refractivity contribution < 1.29 is 20.1 Å². The quantitative estimate of drug-likeness (QED) is 0.670. The van der Waals surface area contributed by atoms with E-state index in [0.29, 0.717) is 25.6 Å². The summed E-state index contributed by atoms with van der Waals surface area (Å²) in [4.78, 5) is 2.25. The molecule has 5 nitrogen and oxygen atoms in total. The van der Waals surface area contributed by atoms with Crippen LogP contribution in [0.4, 0.5) is 0 Å². The highest BCUT2D eigenvalue weighted by atomic mass is 16.5. The number of rotatable bonds is 8. The minimum absolute atomic E-state index is 0.00511. The lowest BCUT2D eigenvalue weighted by Crippen LogP contribution is -2.39. The Bertz CT molecular complexity index is 437. The summed E-state index contributed by atoms with van der Waals surface area (Å²) in [5.41, 5.74) is 1.59. The molecule has 124 valence electrons. The molecule has 1 aromatic rings. The Morgan fingerprint density at radius 1 is 1.27 bits per heavy atom. The maximum atomic E-state index is 10.2. The summed E-state index contributed by atoms with van der Waals surface area (Å²) in [5.74, 6) is 0. The van der Waals surface area contributed by atoms with Crippen LogP contribution < -0.4 is 0 Å². The first-order valence-corrected chi connectivity index (χ1v) is 7.93. The highest BCUT2D eigenvalue weighted by Crippen LogP contribution is 2.22. The van der Waals surface area contributed by atoms with Gasteiger partial charge in [0.1, 0.15) is 0 Å². The van der Waals surface area contributed by atoms with Crippen LogP contribution in [0.5, 0.6) is 0 Å². The van der Waals surface area contributed by atoms with Crippen molar-refractivity contribution in [3.8, 4) is 0 Å². The van der Waals surface area contributed by atoms with E-state index < -0.39 is 12.2 Å². The van der Waals surface area contributed by atoms with Gasteiger partial charge in [0.25, 0.3) is 0 Å². The van der Waals surface area contributed by atoms with Gasteiger partial charge in [-0.3, -0.25) is 4.90 Å². The van der Waals surface area contributed by atoms with Crippen molar-refractivity contribution in [2.45, 2.75) is 44.1 Å². The lowest BCUT2D eigenvalue weighted by atomic mass is 10.0. The molecule has 0 unspecified atom stereocenters. The second-order valence-corrected chi connectivity index (χ2v) is 6.05. The van der Waals surface area contributed by atoms with Crippen molar-refractivity contribution in [2.75, 3.05) is 26.8 Å². The van der Waals surface area contributed by atoms with E-state index in [4.69, 9.17) is 9.84 Å². The number of hydrogen-bond donors (Lipinski definition) is 3. The number of ether oxygens (including phenoxy) is 1. The molecule has 3 N–H and O–H groups in total. The molecule has 0 amide bonds. The van der Waals surface area contributed by atoms with E-state index in [1.807, 2.05) is 0 Å². The number of β-amino-alcohol motifs (C(OH)–C–C–N with tert-alkyl or cyclic N) is 1. The van der Waals surface area contributed by atoms with Crippen LogP contribution >= 0.6 is 0 Å². The first kappa shape index (κ1) is 17.4. The zero-order chi connectivity index (χ0) is 15.9. The topological polar surface area (TPSA) is 73.2 Å². The third-order valence-corrected chi connectivity index (χ3v) is 4.35. The number of nitrogens with zero attached hydrogens (tertiary/aromatic N) is 1. The fraction of sp³-hybridized carbons (Fsp3) is 0.647. The highest BCUT2D eigenvalue weighted by Gasteiger charge is 2.27. The average Bonchev–Trinajstić information content (AvgIpc) is 2.94. The van der Waals surface area contributed by atoms with E-state index in [9.17, 15) is 10.2 Å². The van der Waals surface area contributed by atoms with Crippen LogP contribution in [0.3, 0.4) is 0 Å². The Hall–Kier alpha value is -0.980. The number of likely N-dealkylation sites (tertiary alicyclic amines) is 1. The molecule has 5 heteroatoms. The van der Waals surface area contributed by atoms with Crippen molar-refractivity contribution in [1.82, 2.24) is 4.90 Å². The van der Waals surface area contributed by atoms with Crippen molar-refractivity contribution in [2.24, 2.45) is 0 Å². The molecule has 2 rings (SSSR count). The molecule has 0 saturated carbocycles. The first-order valence-electron chi connectivity index (χ1n) is 7.93. The Labute approximate surface area is 132 Å². The molecule has 1 aliphatic heterocycles. The van der Waals surface area contributed by atoms with Crippen molar-refractivity contribution in [3.05, 3.63) is 35.4 Å². The second-order valence-electron chi connectivity index (χ2n) is 6.05. The fourth-order valence-electron chi connectivity index (χ4n) is 3.10. The van der Waals surface area contributed by atoms with Gasteiger partial charge in [0.15, 0.2) is 0 Å². The molecule has 0 aromatic heterocycles. The van der Waals surface area contributed by atoms with Crippen molar-refractivity contribution >= 4 is 0 Å². The first-order chi connectivity index (χ1) is 10.6. The molecule has 3 atom stereocenters. The summed E-state index contributed by atoms with van der Waals surface area (Å²) >= 11 is 0. The smallest absolute Gasteiger partial charge is 0.0815 e. The zero-order valence-corrected chi connectivity index (χ0v) is 13.2. The Morgan fingerprint density at radius 3 is 2.64 bits per heavy atom. The van der Waals surface area contributed by atoms with E-state index in [1.165, 1.54) is 0 Å². The summed E-state index contributed by atoms with van der Waals surface area (Å²) in [5, 5.41) is 29.5. The summed E-state index contributed by atoms with van der Waals surface area (Å²) in [6, 6.07) is 7.56. The molecular weight excluding hydrogens is 282 g/mol. The maximum Gasteiger partial charge on any atom is 0.0815 e. The monoisotopic (exact) mass is 309 g/mol. The zero-order valence-electron chi connectivity index (χ0n) is 13.2. The van der Waals surface area contributed by atoms with Gasteiger partial charge in [-0.25, -0.2) is 0 Å². The molecule has 1 aromatic carbocycles. The minimum atomic E-state index is -0.689. The standard InChI is InChI=1S/C17H27NO4/c1-22-12-15-3-2-8-18(15)10-16(20)9-17(21)14-6-4-13(11-19)5-7-14/h4-7,15-17,19-21H,2-3,8-12H2,1H3/t15-,16+,17-/m0/s1. The van der Waals surface area contributed by atoms with E-state index in [0.717, 1.165) is 30.5 Å². The predicted molar refractivity (Wildman–Crippen MR) is 84.4 cm³/mol. The van der Waals surface area contributed by atoms with E-state index in [2.05, 4.69) is 4.90 Å². The molecule has 0 radical (unpaired) electrons. The summed E-state index contributed by atoms with van der Waals surface area (Å²) < 4.78 is 5.22. The number of aliphatic hydroxyl groups is 3. The van der Waals surface area contributed by atoms with Gasteiger partial charge in [-0.05, 0) is 30.5 Å².